The summed E-state index contributed by atoms with van der Waals surface area (Å²) in [4.78, 5) is 20.0. The summed E-state index contributed by atoms with van der Waals surface area (Å²) in [5.41, 5.74) is 1.52. The fourth-order valence-electron chi connectivity index (χ4n) is 3.84. The number of benzene rings is 3. The largest absolute Gasteiger partial charge is 0.494 e. The van der Waals surface area contributed by atoms with Gasteiger partial charge in [-0.25, -0.2) is 13.4 Å². The Labute approximate surface area is 218 Å². The number of carbonyl (C=O) groups is 1. The molecular formula is C27H23N3O5S2. The lowest BCUT2D eigenvalue weighted by molar-refractivity contribution is 0.0983. The molecule has 0 aliphatic rings. The fraction of sp³-hybridized carbons (Fsp3) is 0.111. The van der Waals surface area contributed by atoms with E-state index < -0.39 is 10.0 Å². The molecule has 37 heavy (non-hydrogen) atoms. The summed E-state index contributed by atoms with van der Waals surface area (Å²) in [7, 11) is -0.734. The molecule has 0 atom stereocenters. The van der Waals surface area contributed by atoms with Gasteiger partial charge in [-0.3, -0.25) is 14.0 Å². The molecule has 0 aliphatic carbocycles. The zero-order valence-electron chi connectivity index (χ0n) is 20.1. The summed E-state index contributed by atoms with van der Waals surface area (Å²) in [6, 6.07) is 23.8. The van der Waals surface area contributed by atoms with E-state index in [1.54, 1.807) is 49.8 Å². The summed E-state index contributed by atoms with van der Waals surface area (Å²) < 4.78 is 39.3. The van der Waals surface area contributed by atoms with E-state index in [2.05, 4.69) is 4.98 Å². The Kier molecular flexibility index (Phi) is 6.68. The second-order valence-corrected chi connectivity index (χ2v) is 11.1. The van der Waals surface area contributed by atoms with Crippen molar-refractivity contribution in [2.75, 3.05) is 23.4 Å². The maximum atomic E-state index is 13.7. The fourth-order valence-corrected chi connectivity index (χ4v) is 6.01. The summed E-state index contributed by atoms with van der Waals surface area (Å²) in [6.45, 7) is 0.158. The third kappa shape index (κ3) is 4.81. The molecule has 3 aromatic carbocycles. The minimum absolute atomic E-state index is 0.0812. The van der Waals surface area contributed by atoms with Crippen LogP contribution in [0.15, 0.2) is 101 Å². The van der Waals surface area contributed by atoms with Gasteiger partial charge in [0.15, 0.2) is 5.13 Å². The number of anilines is 2. The highest BCUT2D eigenvalue weighted by Gasteiger charge is 2.25. The highest BCUT2D eigenvalue weighted by molar-refractivity contribution is 7.92. The monoisotopic (exact) mass is 533 g/mol. The molecule has 0 saturated carbocycles. The number of thiazole rings is 1. The molecule has 0 bridgehead atoms. The first kappa shape index (κ1) is 24.5. The van der Waals surface area contributed by atoms with Gasteiger partial charge in [0.05, 0.1) is 35.2 Å². The van der Waals surface area contributed by atoms with Gasteiger partial charge in [0, 0.05) is 12.6 Å². The first-order valence-corrected chi connectivity index (χ1v) is 13.6. The lowest BCUT2D eigenvalue weighted by atomic mass is 10.2. The van der Waals surface area contributed by atoms with Crippen LogP contribution in [-0.2, 0) is 16.6 Å². The molecule has 10 heteroatoms. The molecule has 2 aromatic heterocycles. The first-order chi connectivity index (χ1) is 17.9. The number of aromatic nitrogens is 1. The van der Waals surface area contributed by atoms with Gasteiger partial charge in [0.25, 0.3) is 15.9 Å². The molecule has 0 N–H and O–H groups in total. The smallest absolute Gasteiger partial charge is 0.264 e. The molecule has 1 amide bonds. The molecule has 0 saturated heterocycles. The highest BCUT2D eigenvalue weighted by Crippen LogP contribution is 2.35. The van der Waals surface area contributed by atoms with Crippen LogP contribution in [0.1, 0.15) is 16.1 Å². The lowest BCUT2D eigenvalue weighted by Gasteiger charge is -2.21. The molecular weight excluding hydrogens is 510 g/mol. The van der Waals surface area contributed by atoms with E-state index in [1.165, 1.54) is 51.9 Å². The van der Waals surface area contributed by atoms with E-state index in [0.717, 1.165) is 4.70 Å². The summed E-state index contributed by atoms with van der Waals surface area (Å²) in [5, 5.41) is 0.474. The van der Waals surface area contributed by atoms with Gasteiger partial charge in [0.2, 0.25) is 0 Å². The predicted molar refractivity (Wildman–Crippen MR) is 144 cm³/mol. The van der Waals surface area contributed by atoms with E-state index >= 15 is 0 Å². The van der Waals surface area contributed by atoms with Crippen molar-refractivity contribution in [2.45, 2.75) is 11.4 Å². The van der Waals surface area contributed by atoms with Crippen LogP contribution in [0.2, 0.25) is 0 Å². The van der Waals surface area contributed by atoms with Gasteiger partial charge in [-0.2, -0.15) is 0 Å². The van der Waals surface area contributed by atoms with E-state index in [-0.39, 0.29) is 17.3 Å². The Morgan fingerprint density at radius 3 is 2.41 bits per heavy atom. The molecule has 188 valence electrons. The number of hydrogen-bond acceptors (Lipinski definition) is 7. The minimum Gasteiger partial charge on any atom is -0.494 e. The topological polar surface area (TPSA) is 92.9 Å². The zero-order valence-corrected chi connectivity index (χ0v) is 21.7. The number of carbonyl (C=O) groups excluding carboxylic acids is 1. The van der Waals surface area contributed by atoms with Gasteiger partial charge in [-0.1, -0.05) is 35.6 Å². The highest BCUT2D eigenvalue weighted by atomic mass is 32.2. The van der Waals surface area contributed by atoms with Crippen LogP contribution < -0.4 is 13.9 Å². The molecule has 2 heterocycles. The standard InChI is InChI=1S/C27H23N3O5S2/c1-29(20-8-4-3-5-9-20)37(32,33)22-15-13-19(14-16-22)26(31)30(18-21-10-7-17-35-21)27-28-25-23(34-2)11-6-12-24(25)36-27/h3-17H,18H2,1-2H3. The molecule has 0 spiro atoms. The number of nitrogens with zero attached hydrogens (tertiary/aromatic N) is 3. The normalized spacial score (nSPS) is 11.4. The van der Waals surface area contributed by atoms with Crippen molar-refractivity contribution in [3.05, 3.63) is 103 Å². The van der Waals surface area contributed by atoms with Crippen molar-refractivity contribution in [3.8, 4) is 5.75 Å². The average Bonchev–Trinajstić information content (AvgIpc) is 3.61. The van der Waals surface area contributed by atoms with Gasteiger partial charge >= 0.3 is 0 Å². The van der Waals surface area contributed by atoms with Crippen molar-refractivity contribution in [1.29, 1.82) is 0 Å². The Hall–Kier alpha value is -4.15. The van der Waals surface area contributed by atoms with Crippen molar-refractivity contribution in [3.63, 3.8) is 0 Å². The van der Waals surface area contributed by atoms with E-state index in [0.29, 0.717) is 33.4 Å². The number of sulfonamides is 1. The van der Waals surface area contributed by atoms with Crippen molar-refractivity contribution >= 4 is 48.3 Å². The van der Waals surface area contributed by atoms with Crippen LogP contribution >= 0.6 is 11.3 Å². The molecule has 5 aromatic rings. The quantitative estimate of drug-likeness (QED) is 0.259. The minimum atomic E-state index is -3.80. The Morgan fingerprint density at radius 2 is 1.73 bits per heavy atom. The van der Waals surface area contributed by atoms with Crippen LogP contribution in [0, 0.1) is 0 Å². The average molecular weight is 534 g/mol. The molecule has 0 radical (unpaired) electrons. The van der Waals surface area contributed by atoms with E-state index in [1.807, 2.05) is 24.3 Å². The van der Waals surface area contributed by atoms with Crippen LogP contribution in [0.5, 0.6) is 5.75 Å². The molecule has 5 rings (SSSR count). The van der Waals surface area contributed by atoms with Crippen LogP contribution in [-0.4, -0.2) is 33.5 Å². The first-order valence-electron chi connectivity index (χ1n) is 11.3. The Morgan fingerprint density at radius 1 is 0.973 bits per heavy atom. The molecule has 0 fully saturated rings. The van der Waals surface area contributed by atoms with Gasteiger partial charge < -0.3 is 9.15 Å². The summed E-state index contributed by atoms with van der Waals surface area (Å²) in [6.07, 6.45) is 1.54. The van der Waals surface area contributed by atoms with Crippen LogP contribution in [0.3, 0.4) is 0 Å². The molecule has 0 unspecified atom stereocenters. The molecule has 8 nitrogen and oxygen atoms in total. The number of fused-ring (bicyclic) bond motifs is 1. The number of methoxy groups -OCH3 is 1. The van der Waals surface area contributed by atoms with Gasteiger partial charge in [0.1, 0.15) is 17.0 Å². The van der Waals surface area contributed by atoms with Crippen molar-refractivity contribution in [2.24, 2.45) is 0 Å². The number of rotatable bonds is 8. The maximum absolute atomic E-state index is 13.7. The summed E-state index contributed by atoms with van der Waals surface area (Å²) in [5.74, 6) is 0.862. The van der Waals surface area contributed by atoms with E-state index in [9.17, 15) is 13.2 Å². The third-order valence-electron chi connectivity index (χ3n) is 5.84. The van der Waals surface area contributed by atoms with Gasteiger partial charge in [-0.05, 0) is 60.7 Å². The van der Waals surface area contributed by atoms with Crippen molar-refractivity contribution < 1.29 is 22.4 Å². The number of furan rings is 1. The number of amides is 1. The Balaban J connectivity index is 1.48. The SMILES string of the molecule is COc1cccc2sc(N(Cc3ccco3)C(=O)c3ccc(S(=O)(=O)N(C)c4ccccc4)cc3)nc12. The lowest BCUT2D eigenvalue weighted by Crippen LogP contribution is -2.30. The predicted octanol–water partition coefficient (Wildman–Crippen LogP) is 5.57. The van der Waals surface area contributed by atoms with Crippen LogP contribution in [0.25, 0.3) is 10.2 Å². The second-order valence-electron chi connectivity index (χ2n) is 8.11. The third-order valence-corrected chi connectivity index (χ3v) is 8.68. The van der Waals surface area contributed by atoms with Crippen molar-refractivity contribution in [1.82, 2.24) is 4.98 Å². The van der Waals surface area contributed by atoms with E-state index in [4.69, 9.17) is 9.15 Å². The number of hydrogen-bond donors (Lipinski definition) is 0. The van der Waals surface area contributed by atoms with Gasteiger partial charge in [-0.15, -0.1) is 0 Å². The maximum Gasteiger partial charge on any atom is 0.264 e. The number of para-hydroxylation sites is 2. The summed E-state index contributed by atoms with van der Waals surface area (Å²) >= 11 is 1.36. The number of ether oxygens (including phenoxy) is 1. The second kappa shape index (κ2) is 10.1. The zero-order chi connectivity index (χ0) is 26.0. The Bertz CT molecular complexity index is 1630. The van der Waals surface area contributed by atoms with Crippen LogP contribution in [0.4, 0.5) is 10.8 Å². The molecule has 0 aliphatic heterocycles.